The lowest BCUT2D eigenvalue weighted by molar-refractivity contribution is 0.471. The van der Waals surface area contributed by atoms with Gasteiger partial charge in [0, 0.05) is 19.1 Å². The molecule has 0 bridgehead atoms. The average Bonchev–Trinajstić information content (AvgIpc) is 2.30. The second-order valence-corrected chi connectivity index (χ2v) is 5.94. The zero-order valence-corrected chi connectivity index (χ0v) is 12.8. The van der Waals surface area contributed by atoms with Crippen LogP contribution in [0.4, 0.5) is 4.39 Å². The van der Waals surface area contributed by atoms with Crippen LogP contribution < -0.4 is 10.6 Å². The Morgan fingerprint density at radius 1 is 1.22 bits per heavy atom. The molecule has 0 aliphatic carbocycles. The summed E-state index contributed by atoms with van der Waals surface area (Å²) in [7, 11) is 0. The monoisotopic (exact) mass is 316 g/mol. The SMILES string of the molecule is CC(C)CNCC(C)NCc1ccc(Br)c(F)c1. The molecule has 0 fully saturated rings. The quantitative estimate of drug-likeness (QED) is 0.806. The van der Waals surface area contributed by atoms with Crippen LogP contribution in [0.3, 0.4) is 0 Å². The van der Waals surface area contributed by atoms with Crippen LogP contribution in [0.1, 0.15) is 26.3 Å². The fourth-order valence-corrected chi connectivity index (χ4v) is 1.85. The molecule has 4 heteroatoms. The molecule has 0 saturated carbocycles. The Balaban J connectivity index is 2.29. The molecule has 1 atom stereocenters. The maximum absolute atomic E-state index is 13.3. The van der Waals surface area contributed by atoms with Crippen molar-refractivity contribution in [2.75, 3.05) is 13.1 Å². The van der Waals surface area contributed by atoms with Crippen molar-refractivity contribution in [3.05, 3.63) is 34.1 Å². The van der Waals surface area contributed by atoms with Crippen molar-refractivity contribution >= 4 is 15.9 Å². The second kappa shape index (κ2) is 7.87. The van der Waals surface area contributed by atoms with Crippen molar-refractivity contribution in [1.29, 1.82) is 0 Å². The van der Waals surface area contributed by atoms with Crippen molar-refractivity contribution in [3.63, 3.8) is 0 Å². The topological polar surface area (TPSA) is 24.1 Å². The molecule has 0 aliphatic rings. The fourth-order valence-electron chi connectivity index (χ4n) is 1.60. The molecule has 0 saturated heterocycles. The van der Waals surface area contributed by atoms with Gasteiger partial charge < -0.3 is 10.6 Å². The average molecular weight is 317 g/mol. The highest BCUT2D eigenvalue weighted by molar-refractivity contribution is 9.10. The first-order valence-corrected chi connectivity index (χ1v) is 7.16. The van der Waals surface area contributed by atoms with Crippen LogP contribution in [0.5, 0.6) is 0 Å². The van der Waals surface area contributed by atoms with Crippen LogP contribution in [-0.2, 0) is 6.54 Å². The number of benzene rings is 1. The van der Waals surface area contributed by atoms with Crippen LogP contribution in [0.25, 0.3) is 0 Å². The summed E-state index contributed by atoms with van der Waals surface area (Å²) in [6.07, 6.45) is 0. The summed E-state index contributed by atoms with van der Waals surface area (Å²) < 4.78 is 13.8. The summed E-state index contributed by atoms with van der Waals surface area (Å²) in [5.41, 5.74) is 0.964. The lowest BCUT2D eigenvalue weighted by Crippen LogP contribution is -2.37. The van der Waals surface area contributed by atoms with E-state index in [9.17, 15) is 4.39 Å². The van der Waals surface area contributed by atoms with E-state index in [0.717, 1.165) is 18.7 Å². The summed E-state index contributed by atoms with van der Waals surface area (Å²) in [6.45, 7) is 9.15. The largest absolute Gasteiger partial charge is 0.315 e. The minimum Gasteiger partial charge on any atom is -0.315 e. The van der Waals surface area contributed by atoms with Gasteiger partial charge >= 0.3 is 0 Å². The van der Waals surface area contributed by atoms with Crippen LogP contribution in [-0.4, -0.2) is 19.1 Å². The van der Waals surface area contributed by atoms with E-state index in [2.05, 4.69) is 47.3 Å². The second-order valence-electron chi connectivity index (χ2n) is 5.08. The predicted molar refractivity (Wildman–Crippen MR) is 78.1 cm³/mol. The van der Waals surface area contributed by atoms with Gasteiger partial charge in [-0.15, -0.1) is 0 Å². The number of rotatable bonds is 7. The first-order valence-electron chi connectivity index (χ1n) is 6.37. The molecule has 0 radical (unpaired) electrons. The summed E-state index contributed by atoms with van der Waals surface area (Å²) in [5.74, 6) is 0.456. The highest BCUT2D eigenvalue weighted by atomic mass is 79.9. The van der Waals surface area contributed by atoms with Crippen molar-refractivity contribution < 1.29 is 4.39 Å². The van der Waals surface area contributed by atoms with Crippen molar-refractivity contribution in [1.82, 2.24) is 10.6 Å². The standard InChI is InChI=1S/C14H22BrFN2/c1-10(2)7-17-8-11(3)18-9-12-4-5-13(15)14(16)6-12/h4-6,10-11,17-18H,7-9H2,1-3H3. The summed E-state index contributed by atoms with van der Waals surface area (Å²) in [4.78, 5) is 0. The van der Waals surface area contributed by atoms with E-state index in [1.165, 1.54) is 0 Å². The Bertz CT molecular complexity index is 369. The van der Waals surface area contributed by atoms with Crippen LogP contribution >= 0.6 is 15.9 Å². The third kappa shape index (κ3) is 5.94. The van der Waals surface area contributed by atoms with Gasteiger partial charge in [0.1, 0.15) is 5.82 Å². The number of hydrogen-bond acceptors (Lipinski definition) is 2. The minimum absolute atomic E-state index is 0.208. The third-order valence-corrected chi connectivity index (χ3v) is 3.28. The Kier molecular flexibility index (Phi) is 6.82. The molecule has 1 aromatic carbocycles. The predicted octanol–water partition coefficient (Wildman–Crippen LogP) is 3.31. The van der Waals surface area contributed by atoms with Crippen LogP contribution in [0, 0.1) is 11.7 Å². The molecule has 102 valence electrons. The van der Waals surface area contributed by atoms with E-state index in [-0.39, 0.29) is 5.82 Å². The van der Waals surface area contributed by atoms with Gasteiger partial charge in [-0.05, 0) is 53.0 Å². The molecule has 1 rings (SSSR count). The normalized spacial score (nSPS) is 13.0. The Morgan fingerprint density at radius 2 is 1.94 bits per heavy atom. The van der Waals surface area contributed by atoms with Gasteiger partial charge in [0.15, 0.2) is 0 Å². The highest BCUT2D eigenvalue weighted by Crippen LogP contribution is 2.16. The van der Waals surface area contributed by atoms with Gasteiger partial charge in [-0.2, -0.15) is 0 Å². The van der Waals surface area contributed by atoms with E-state index in [1.54, 1.807) is 12.1 Å². The number of halogens is 2. The molecule has 0 aliphatic heterocycles. The molecule has 0 spiro atoms. The van der Waals surface area contributed by atoms with Crippen LogP contribution in [0.15, 0.2) is 22.7 Å². The van der Waals surface area contributed by atoms with Crippen molar-refractivity contribution in [2.24, 2.45) is 5.92 Å². The van der Waals surface area contributed by atoms with E-state index in [0.29, 0.717) is 23.0 Å². The zero-order chi connectivity index (χ0) is 13.5. The van der Waals surface area contributed by atoms with Gasteiger partial charge in [-0.1, -0.05) is 19.9 Å². The third-order valence-electron chi connectivity index (χ3n) is 2.64. The van der Waals surface area contributed by atoms with E-state index in [1.807, 2.05) is 6.07 Å². The number of hydrogen-bond donors (Lipinski definition) is 2. The molecule has 0 aromatic heterocycles. The smallest absolute Gasteiger partial charge is 0.137 e. The molecule has 1 aromatic rings. The lowest BCUT2D eigenvalue weighted by Gasteiger charge is -2.16. The van der Waals surface area contributed by atoms with Gasteiger partial charge in [-0.25, -0.2) is 4.39 Å². The fraction of sp³-hybridized carbons (Fsp3) is 0.571. The molecule has 18 heavy (non-hydrogen) atoms. The Hall–Kier alpha value is -0.450. The molecular weight excluding hydrogens is 295 g/mol. The van der Waals surface area contributed by atoms with Gasteiger partial charge in [0.2, 0.25) is 0 Å². The van der Waals surface area contributed by atoms with Crippen molar-refractivity contribution in [2.45, 2.75) is 33.4 Å². The van der Waals surface area contributed by atoms with E-state index in [4.69, 9.17) is 0 Å². The van der Waals surface area contributed by atoms with Gasteiger partial charge in [0.05, 0.1) is 4.47 Å². The Morgan fingerprint density at radius 3 is 2.56 bits per heavy atom. The number of nitrogens with one attached hydrogen (secondary N) is 2. The zero-order valence-electron chi connectivity index (χ0n) is 11.3. The van der Waals surface area contributed by atoms with E-state index < -0.39 is 0 Å². The van der Waals surface area contributed by atoms with Crippen molar-refractivity contribution in [3.8, 4) is 0 Å². The molecule has 0 amide bonds. The molecule has 2 nitrogen and oxygen atoms in total. The van der Waals surface area contributed by atoms with E-state index >= 15 is 0 Å². The Labute approximate surface area is 117 Å². The first kappa shape index (κ1) is 15.6. The van der Waals surface area contributed by atoms with Gasteiger partial charge in [-0.3, -0.25) is 0 Å². The minimum atomic E-state index is -0.208. The lowest BCUT2D eigenvalue weighted by atomic mass is 10.2. The van der Waals surface area contributed by atoms with Gasteiger partial charge in [0.25, 0.3) is 0 Å². The first-order chi connectivity index (χ1) is 8.49. The maximum Gasteiger partial charge on any atom is 0.137 e. The highest BCUT2D eigenvalue weighted by Gasteiger charge is 2.04. The molecule has 0 heterocycles. The maximum atomic E-state index is 13.3. The summed E-state index contributed by atoms with van der Waals surface area (Å²) >= 11 is 3.15. The van der Waals surface area contributed by atoms with Crippen LogP contribution in [0.2, 0.25) is 0 Å². The molecule has 1 unspecified atom stereocenters. The summed E-state index contributed by atoms with van der Waals surface area (Å²) in [6, 6.07) is 5.60. The molecule has 2 N–H and O–H groups in total. The molecular formula is C14H22BrFN2. The summed E-state index contributed by atoms with van der Waals surface area (Å²) in [5, 5.41) is 6.77.